The van der Waals surface area contributed by atoms with Gasteiger partial charge in [-0.1, -0.05) is 182 Å². The van der Waals surface area contributed by atoms with Gasteiger partial charge in [0, 0.05) is 38.0 Å². The van der Waals surface area contributed by atoms with Crippen molar-refractivity contribution in [1.29, 1.82) is 0 Å². The van der Waals surface area contributed by atoms with E-state index in [1.807, 2.05) is 0 Å². The zero-order valence-electron chi connectivity index (χ0n) is 35.9. The van der Waals surface area contributed by atoms with Crippen LogP contribution >= 0.6 is 0 Å². The van der Waals surface area contributed by atoms with Gasteiger partial charge in [-0.25, -0.2) is 0 Å². The van der Waals surface area contributed by atoms with Gasteiger partial charge in [-0.05, 0) is 93.9 Å². The van der Waals surface area contributed by atoms with Gasteiger partial charge in [0.2, 0.25) is 0 Å². The summed E-state index contributed by atoms with van der Waals surface area (Å²) in [6.07, 6.45) is 0. The molecule has 0 saturated heterocycles. The second-order valence-corrected chi connectivity index (χ2v) is 21.1. The summed E-state index contributed by atoms with van der Waals surface area (Å²) >= 11 is 0. The second kappa shape index (κ2) is 14.7. The van der Waals surface area contributed by atoms with Gasteiger partial charge < -0.3 is 13.7 Å². The summed E-state index contributed by atoms with van der Waals surface area (Å²) in [5, 5.41) is 12.9. The van der Waals surface area contributed by atoms with Crippen molar-refractivity contribution in [3.8, 4) is 17.1 Å². The third-order valence-corrected chi connectivity index (χ3v) is 18.6. The molecule has 0 radical (unpaired) electrons. The van der Waals surface area contributed by atoms with E-state index in [0.29, 0.717) is 0 Å². The Hall–Kier alpha value is -8.18. The fraction of sp³-hybridized carbons (Fsp3) is 0.0164. The molecule has 3 heterocycles. The lowest BCUT2D eigenvalue weighted by atomic mass is 10.1. The molecule has 13 rings (SSSR count). The van der Waals surface area contributed by atoms with E-state index in [4.69, 9.17) is 0 Å². The minimum absolute atomic E-state index is 1.14. The summed E-state index contributed by atoms with van der Waals surface area (Å²) in [6, 6.07) is 90.2. The number of rotatable bonds is 7. The zero-order valence-corrected chi connectivity index (χ0v) is 36.9. The predicted octanol–water partition coefficient (Wildman–Crippen LogP) is 12.7. The molecule has 306 valence electrons. The van der Waals surface area contributed by atoms with E-state index < -0.39 is 8.07 Å². The van der Waals surface area contributed by atoms with Crippen LogP contribution in [0.1, 0.15) is 5.56 Å². The standard InChI is InChI=1S/C61H43N3Si/c1-42-35-40-49-48-25-11-14-28-52(48)64(59(49)41-42)58-34-18-33-57-61(58)51-27-13-16-30-54(51)63(57)56-32-17-31-55-60(56)50-26-12-15-29-53(50)62(55)43-36-38-47(39-37-43)65(44-19-5-2-6-20-44,45-21-7-3-8-22-45)46-23-9-4-10-24-46/h2-41H,1H3. The Morgan fingerprint density at radius 3 is 1.20 bits per heavy atom. The van der Waals surface area contributed by atoms with Crippen molar-refractivity contribution in [2.24, 2.45) is 0 Å². The third-order valence-electron chi connectivity index (χ3n) is 13.8. The van der Waals surface area contributed by atoms with Gasteiger partial charge >= 0.3 is 0 Å². The molecule has 0 fully saturated rings. The quantitative estimate of drug-likeness (QED) is 0.112. The van der Waals surface area contributed by atoms with Crippen LogP contribution in [0.2, 0.25) is 0 Å². The van der Waals surface area contributed by atoms with Crippen LogP contribution in [0.3, 0.4) is 0 Å². The highest BCUT2D eigenvalue weighted by molar-refractivity contribution is 7.19. The molecular formula is C61H43N3Si. The molecule has 0 spiro atoms. The Balaban J connectivity index is 1.05. The molecule has 13 aromatic rings. The maximum atomic E-state index is 2.51. The summed E-state index contributed by atoms with van der Waals surface area (Å²) in [5.74, 6) is 0. The molecule has 65 heavy (non-hydrogen) atoms. The van der Waals surface area contributed by atoms with Crippen molar-refractivity contribution in [2.75, 3.05) is 0 Å². The Morgan fingerprint density at radius 2 is 0.662 bits per heavy atom. The molecule has 0 atom stereocenters. The molecule has 3 aromatic heterocycles. The largest absolute Gasteiger partial charge is 0.309 e. The van der Waals surface area contributed by atoms with Crippen LogP contribution < -0.4 is 20.7 Å². The molecular weight excluding hydrogens is 803 g/mol. The Kier molecular flexibility index (Phi) is 8.45. The van der Waals surface area contributed by atoms with Gasteiger partial charge in [-0.2, -0.15) is 0 Å². The fourth-order valence-electron chi connectivity index (χ4n) is 11.2. The molecule has 0 amide bonds. The normalized spacial score (nSPS) is 12.1. The first-order valence-corrected chi connectivity index (χ1v) is 24.5. The number of aryl methyl sites for hydroxylation is 1. The van der Waals surface area contributed by atoms with Crippen molar-refractivity contribution < 1.29 is 0 Å². The molecule has 0 unspecified atom stereocenters. The first-order chi connectivity index (χ1) is 32.2. The second-order valence-electron chi connectivity index (χ2n) is 17.3. The molecule has 0 bridgehead atoms. The number of aromatic nitrogens is 3. The van der Waals surface area contributed by atoms with E-state index in [1.165, 1.54) is 103 Å². The van der Waals surface area contributed by atoms with E-state index in [2.05, 4.69) is 263 Å². The van der Waals surface area contributed by atoms with Crippen LogP contribution in [0.4, 0.5) is 0 Å². The number of para-hydroxylation sites is 3. The van der Waals surface area contributed by atoms with Crippen molar-refractivity contribution in [1.82, 2.24) is 13.7 Å². The number of benzene rings is 10. The Morgan fingerprint density at radius 1 is 0.277 bits per heavy atom. The third kappa shape index (κ3) is 5.48. The van der Waals surface area contributed by atoms with Crippen molar-refractivity contribution >= 4 is 94.2 Å². The Bertz CT molecular complexity index is 3840. The minimum atomic E-state index is -2.69. The van der Waals surface area contributed by atoms with E-state index in [-0.39, 0.29) is 0 Å². The first kappa shape index (κ1) is 37.4. The van der Waals surface area contributed by atoms with Crippen molar-refractivity contribution in [3.63, 3.8) is 0 Å². The predicted molar refractivity (Wildman–Crippen MR) is 278 cm³/mol. The lowest BCUT2D eigenvalue weighted by molar-refractivity contribution is 1.17. The molecule has 3 nitrogen and oxygen atoms in total. The molecule has 0 N–H and O–H groups in total. The van der Waals surface area contributed by atoms with Gasteiger partial charge in [0.15, 0.2) is 8.07 Å². The lowest BCUT2D eigenvalue weighted by Gasteiger charge is -2.34. The number of hydrogen-bond acceptors (Lipinski definition) is 0. The van der Waals surface area contributed by atoms with Gasteiger partial charge in [0.25, 0.3) is 0 Å². The number of fused-ring (bicyclic) bond motifs is 9. The summed E-state index contributed by atoms with van der Waals surface area (Å²) < 4.78 is 7.46. The van der Waals surface area contributed by atoms with Crippen molar-refractivity contribution in [3.05, 3.63) is 248 Å². The fourth-order valence-corrected chi connectivity index (χ4v) is 15.9. The topological polar surface area (TPSA) is 14.8 Å². The summed E-state index contributed by atoms with van der Waals surface area (Å²) in [6.45, 7) is 2.19. The van der Waals surface area contributed by atoms with Gasteiger partial charge in [0.1, 0.15) is 0 Å². The average Bonchev–Trinajstić information content (AvgIpc) is 4.01. The summed E-state index contributed by atoms with van der Waals surface area (Å²) in [5.41, 5.74) is 11.9. The minimum Gasteiger partial charge on any atom is -0.309 e. The summed E-state index contributed by atoms with van der Waals surface area (Å²) in [7, 11) is -2.69. The van der Waals surface area contributed by atoms with Gasteiger partial charge in [-0.3, -0.25) is 0 Å². The van der Waals surface area contributed by atoms with E-state index >= 15 is 0 Å². The van der Waals surface area contributed by atoms with Gasteiger partial charge in [-0.15, -0.1) is 0 Å². The molecule has 0 saturated carbocycles. The molecule has 10 aromatic carbocycles. The SMILES string of the molecule is Cc1ccc2c3ccccc3n(-c3cccc4c3c3ccccc3n4-c3cccc4c3c3ccccc3n4-c3ccc([Si](c4ccccc4)(c4ccccc4)c4ccccc4)cc3)c2c1. The highest BCUT2D eigenvalue weighted by Crippen LogP contribution is 2.43. The van der Waals surface area contributed by atoms with Crippen LogP contribution in [-0.4, -0.2) is 21.8 Å². The van der Waals surface area contributed by atoms with Crippen molar-refractivity contribution in [2.45, 2.75) is 6.92 Å². The zero-order chi connectivity index (χ0) is 43.1. The van der Waals surface area contributed by atoms with Crippen LogP contribution in [0.25, 0.3) is 82.5 Å². The Labute approximate surface area is 378 Å². The van der Waals surface area contributed by atoms with E-state index in [9.17, 15) is 0 Å². The van der Waals surface area contributed by atoms with Crippen LogP contribution in [0.5, 0.6) is 0 Å². The lowest BCUT2D eigenvalue weighted by Crippen LogP contribution is -2.74. The number of hydrogen-bond donors (Lipinski definition) is 0. The maximum absolute atomic E-state index is 2.69. The number of nitrogens with zero attached hydrogens (tertiary/aromatic N) is 3. The van der Waals surface area contributed by atoms with Gasteiger partial charge in [0.05, 0.1) is 44.5 Å². The average molecular weight is 846 g/mol. The van der Waals surface area contributed by atoms with Crippen LogP contribution in [0.15, 0.2) is 243 Å². The smallest absolute Gasteiger partial charge is 0.179 e. The summed E-state index contributed by atoms with van der Waals surface area (Å²) in [4.78, 5) is 0. The highest BCUT2D eigenvalue weighted by Gasteiger charge is 2.41. The van der Waals surface area contributed by atoms with E-state index in [1.54, 1.807) is 0 Å². The molecule has 4 heteroatoms. The molecule has 0 aliphatic carbocycles. The molecule has 0 aliphatic rings. The highest BCUT2D eigenvalue weighted by atomic mass is 28.3. The molecule has 0 aliphatic heterocycles. The maximum Gasteiger partial charge on any atom is 0.179 e. The monoisotopic (exact) mass is 845 g/mol. The van der Waals surface area contributed by atoms with Crippen LogP contribution in [-0.2, 0) is 0 Å². The van der Waals surface area contributed by atoms with Crippen LogP contribution in [0, 0.1) is 6.92 Å². The first-order valence-electron chi connectivity index (χ1n) is 22.5. The van der Waals surface area contributed by atoms with E-state index in [0.717, 1.165) is 5.69 Å².